The van der Waals surface area contributed by atoms with Crippen LogP contribution in [0.3, 0.4) is 0 Å². The van der Waals surface area contributed by atoms with Crippen LogP contribution in [0.5, 0.6) is 0 Å². The van der Waals surface area contributed by atoms with Crippen LogP contribution in [0, 0.1) is 0 Å². The Balaban J connectivity index is 2.38. The Hall–Kier alpha value is -1.31. The highest BCUT2D eigenvalue weighted by molar-refractivity contribution is 5.97. The molecular weight excluding hydrogens is 234 g/mol. The summed E-state index contributed by atoms with van der Waals surface area (Å²) in [5.41, 5.74) is 13.7. The zero-order valence-corrected chi connectivity index (χ0v) is 12.2. The molecule has 0 unspecified atom stereocenters. The number of fused-ring (bicyclic) bond motifs is 2. The Morgan fingerprint density at radius 2 is 1.32 bits per heavy atom. The summed E-state index contributed by atoms with van der Waals surface area (Å²) in [5.74, 6) is -0.211. The van der Waals surface area contributed by atoms with E-state index in [1.165, 1.54) is 40.7 Å². The van der Waals surface area contributed by atoms with Crippen molar-refractivity contribution in [1.29, 1.82) is 0 Å². The molecule has 2 aliphatic carbocycles. The van der Waals surface area contributed by atoms with E-state index in [1.807, 2.05) is 0 Å². The lowest BCUT2D eigenvalue weighted by molar-refractivity contribution is 0.0998. The van der Waals surface area contributed by atoms with Crippen LogP contribution in [-0.2, 0) is 31.1 Å². The monoisotopic (exact) mass is 257 g/mol. The minimum atomic E-state index is -0.211. The maximum Gasteiger partial charge on any atom is 0.249 e. The van der Waals surface area contributed by atoms with Gasteiger partial charge in [-0.3, -0.25) is 4.79 Å². The van der Waals surface area contributed by atoms with E-state index in [1.54, 1.807) is 0 Å². The molecule has 3 rings (SSSR count). The summed E-state index contributed by atoms with van der Waals surface area (Å²) in [4.78, 5) is 11.9. The quantitative estimate of drug-likeness (QED) is 0.825. The molecular formula is C17H23NO. The lowest BCUT2D eigenvalue weighted by atomic mass is 9.76. The molecule has 0 atom stereocenters. The first-order valence-electron chi connectivity index (χ1n) is 7.41. The van der Waals surface area contributed by atoms with Gasteiger partial charge in [-0.25, -0.2) is 0 Å². The van der Waals surface area contributed by atoms with Crippen LogP contribution in [-0.4, -0.2) is 5.91 Å². The molecule has 19 heavy (non-hydrogen) atoms. The van der Waals surface area contributed by atoms with Crippen molar-refractivity contribution in [3.05, 3.63) is 33.4 Å². The van der Waals surface area contributed by atoms with Crippen molar-refractivity contribution < 1.29 is 4.79 Å². The van der Waals surface area contributed by atoms with E-state index in [0.717, 1.165) is 31.2 Å². The first-order chi connectivity index (χ1) is 8.91. The molecule has 0 spiro atoms. The van der Waals surface area contributed by atoms with Crippen LogP contribution < -0.4 is 5.73 Å². The van der Waals surface area contributed by atoms with Crippen LogP contribution in [0.4, 0.5) is 0 Å². The first-order valence-corrected chi connectivity index (χ1v) is 7.41. The van der Waals surface area contributed by atoms with Crippen LogP contribution in [0.2, 0.25) is 0 Å². The number of amides is 1. The van der Waals surface area contributed by atoms with Crippen molar-refractivity contribution in [2.75, 3.05) is 0 Å². The molecule has 0 bridgehead atoms. The minimum absolute atomic E-state index is 0.166. The molecule has 0 aromatic heterocycles. The number of rotatable bonds is 1. The van der Waals surface area contributed by atoms with Gasteiger partial charge in [-0.2, -0.15) is 0 Å². The van der Waals surface area contributed by atoms with Gasteiger partial charge in [0.15, 0.2) is 0 Å². The molecule has 2 aliphatic rings. The molecule has 2 heteroatoms. The van der Waals surface area contributed by atoms with Crippen LogP contribution in [0.25, 0.3) is 0 Å². The zero-order chi connectivity index (χ0) is 13.8. The third-order valence-corrected chi connectivity index (χ3v) is 4.64. The normalized spacial score (nSPS) is 17.4. The zero-order valence-electron chi connectivity index (χ0n) is 12.2. The summed E-state index contributed by atoms with van der Waals surface area (Å²) >= 11 is 0. The van der Waals surface area contributed by atoms with E-state index < -0.39 is 0 Å². The van der Waals surface area contributed by atoms with E-state index in [2.05, 4.69) is 20.8 Å². The first kappa shape index (κ1) is 12.7. The molecule has 0 radical (unpaired) electrons. The van der Waals surface area contributed by atoms with E-state index in [-0.39, 0.29) is 11.3 Å². The van der Waals surface area contributed by atoms with Gasteiger partial charge in [0.25, 0.3) is 0 Å². The Bertz CT molecular complexity index is 529. The largest absolute Gasteiger partial charge is 0.366 e. The third-order valence-electron chi connectivity index (χ3n) is 4.64. The lowest BCUT2D eigenvalue weighted by Gasteiger charge is -2.28. The average molecular weight is 257 g/mol. The summed E-state index contributed by atoms with van der Waals surface area (Å²) in [6.45, 7) is 6.89. The van der Waals surface area contributed by atoms with Crippen LogP contribution in [0.1, 0.15) is 71.8 Å². The Morgan fingerprint density at radius 3 is 1.68 bits per heavy atom. The van der Waals surface area contributed by atoms with Crippen molar-refractivity contribution in [3.63, 3.8) is 0 Å². The van der Waals surface area contributed by atoms with Gasteiger partial charge >= 0.3 is 0 Å². The number of hydrogen-bond donors (Lipinski definition) is 1. The third kappa shape index (κ3) is 1.80. The molecule has 2 nitrogen and oxygen atoms in total. The molecule has 2 N–H and O–H groups in total. The van der Waals surface area contributed by atoms with Gasteiger partial charge < -0.3 is 5.73 Å². The molecule has 0 saturated carbocycles. The second-order valence-electron chi connectivity index (χ2n) is 6.99. The smallest absolute Gasteiger partial charge is 0.249 e. The molecule has 0 fully saturated rings. The van der Waals surface area contributed by atoms with Crippen LogP contribution >= 0.6 is 0 Å². The summed E-state index contributed by atoms with van der Waals surface area (Å²) < 4.78 is 0. The summed E-state index contributed by atoms with van der Waals surface area (Å²) in [6.07, 6.45) is 6.64. The summed E-state index contributed by atoms with van der Waals surface area (Å²) in [6, 6.07) is 0. The number of hydrogen-bond acceptors (Lipinski definition) is 1. The fraction of sp³-hybridized carbons (Fsp3) is 0.588. The number of benzene rings is 1. The Morgan fingerprint density at radius 1 is 0.895 bits per heavy atom. The van der Waals surface area contributed by atoms with Crippen molar-refractivity contribution in [1.82, 2.24) is 0 Å². The highest BCUT2D eigenvalue weighted by Crippen LogP contribution is 2.43. The number of carbonyl (C=O) groups is 1. The molecule has 1 aromatic rings. The standard InChI is InChI=1S/C17H23NO/c1-17(2,3)15-12-8-4-6-10(12)14(16(18)19)11-7-5-9-13(11)15/h4-9H2,1-3H3,(H2,18,19). The Kier molecular flexibility index (Phi) is 2.74. The molecule has 1 aromatic carbocycles. The van der Waals surface area contributed by atoms with Gasteiger partial charge in [-0.15, -0.1) is 0 Å². The van der Waals surface area contributed by atoms with Gasteiger partial charge in [0.05, 0.1) is 0 Å². The van der Waals surface area contributed by atoms with E-state index in [0.29, 0.717) is 0 Å². The second kappa shape index (κ2) is 4.09. The molecule has 0 aliphatic heterocycles. The van der Waals surface area contributed by atoms with E-state index >= 15 is 0 Å². The predicted molar refractivity (Wildman–Crippen MR) is 77.7 cm³/mol. The topological polar surface area (TPSA) is 43.1 Å². The fourth-order valence-electron chi connectivity index (χ4n) is 4.16. The van der Waals surface area contributed by atoms with Crippen molar-refractivity contribution >= 4 is 5.91 Å². The molecule has 102 valence electrons. The fourth-order valence-corrected chi connectivity index (χ4v) is 4.16. The SMILES string of the molecule is CC(C)(C)c1c2c(c(C(N)=O)c3c1CCC3)CCC2. The maximum absolute atomic E-state index is 11.9. The minimum Gasteiger partial charge on any atom is -0.366 e. The number of nitrogens with two attached hydrogens (primary N) is 1. The van der Waals surface area contributed by atoms with Crippen molar-refractivity contribution in [2.45, 2.75) is 64.7 Å². The average Bonchev–Trinajstić information content (AvgIpc) is 2.89. The van der Waals surface area contributed by atoms with Gasteiger partial charge in [0.2, 0.25) is 5.91 Å². The van der Waals surface area contributed by atoms with Gasteiger partial charge in [0.1, 0.15) is 0 Å². The van der Waals surface area contributed by atoms with Crippen molar-refractivity contribution in [3.8, 4) is 0 Å². The summed E-state index contributed by atoms with van der Waals surface area (Å²) in [7, 11) is 0. The maximum atomic E-state index is 11.9. The number of primary amides is 1. The molecule has 1 amide bonds. The van der Waals surface area contributed by atoms with E-state index in [9.17, 15) is 4.79 Å². The van der Waals surface area contributed by atoms with Crippen molar-refractivity contribution in [2.24, 2.45) is 5.73 Å². The van der Waals surface area contributed by atoms with Gasteiger partial charge in [-0.05, 0) is 71.8 Å². The molecule has 0 heterocycles. The second-order valence-corrected chi connectivity index (χ2v) is 6.99. The van der Waals surface area contributed by atoms with Gasteiger partial charge in [0, 0.05) is 5.56 Å². The van der Waals surface area contributed by atoms with Gasteiger partial charge in [-0.1, -0.05) is 20.8 Å². The highest BCUT2D eigenvalue weighted by Gasteiger charge is 2.34. The Labute approximate surface area is 115 Å². The highest BCUT2D eigenvalue weighted by atomic mass is 16.1. The lowest BCUT2D eigenvalue weighted by Crippen LogP contribution is -2.22. The molecule has 0 saturated heterocycles. The summed E-state index contributed by atoms with van der Waals surface area (Å²) in [5, 5.41) is 0. The predicted octanol–water partition coefficient (Wildman–Crippen LogP) is 3.06. The van der Waals surface area contributed by atoms with Crippen LogP contribution in [0.15, 0.2) is 0 Å². The number of carbonyl (C=O) groups excluding carboxylic acids is 1. The van der Waals surface area contributed by atoms with E-state index in [4.69, 9.17) is 5.73 Å².